The minimum absolute atomic E-state index is 0.0169. The van der Waals surface area contributed by atoms with E-state index in [-0.39, 0.29) is 5.76 Å². The molecule has 1 heterocycles. The molecule has 1 aromatic carbocycles. The summed E-state index contributed by atoms with van der Waals surface area (Å²) in [7, 11) is 0. The van der Waals surface area contributed by atoms with E-state index in [4.69, 9.17) is 9.52 Å². The number of hydrogen-bond donors (Lipinski definition) is 1. The molecule has 90 valence electrons. The predicted octanol–water partition coefficient (Wildman–Crippen LogP) is 2.98. The molecule has 4 heteroatoms. The van der Waals surface area contributed by atoms with E-state index in [0.29, 0.717) is 5.58 Å². The van der Waals surface area contributed by atoms with Gasteiger partial charge in [-0.15, -0.1) is 0 Å². The Labute approximate surface area is 99.4 Å². The van der Waals surface area contributed by atoms with Crippen LogP contribution in [0.1, 0.15) is 24.4 Å². The van der Waals surface area contributed by atoms with Crippen molar-refractivity contribution in [1.29, 1.82) is 0 Å². The third-order valence-electron chi connectivity index (χ3n) is 2.84. The summed E-state index contributed by atoms with van der Waals surface area (Å²) < 4.78 is 5.21. The maximum atomic E-state index is 10.8. The predicted molar refractivity (Wildman–Crippen MR) is 66.7 cm³/mol. The number of carboxylic acid groups (broad SMARTS) is 1. The average molecular weight is 233 g/mol. The molecule has 17 heavy (non-hydrogen) atoms. The normalized spacial score (nSPS) is 10.7. The van der Waals surface area contributed by atoms with Crippen LogP contribution in [0, 0.1) is 0 Å². The lowest BCUT2D eigenvalue weighted by Crippen LogP contribution is -2.21. The first kappa shape index (κ1) is 11.5. The fourth-order valence-corrected chi connectivity index (χ4v) is 1.92. The number of hydrogen-bond acceptors (Lipinski definition) is 3. The Balaban J connectivity index is 2.46. The van der Waals surface area contributed by atoms with Gasteiger partial charge in [0.2, 0.25) is 5.76 Å². The lowest BCUT2D eigenvalue weighted by molar-refractivity contribution is 0.0665. The molecule has 0 aliphatic carbocycles. The molecule has 0 radical (unpaired) electrons. The summed E-state index contributed by atoms with van der Waals surface area (Å²) in [5, 5.41) is 9.68. The Kier molecular flexibility index (Phi) is 3.04. The Morgan fingerprint density at radius 3 is 2.59 bits per heavy atom. The van der Waals surface area contributed by atoms with Gasteiger partial charge < -0.3 is 14.4 Å². The summed E-state index contributed by atoms with van der Waals surface area (Å²) >= 11 is 0. The van der Waals surface area contributed by atoms with Gasteiger partial charge in [-0.05, 0) is 38.1 Å². The van der Waals surface area contributed by atoms with Crippen LogP contribution in [0.5, 0.6) is 0 Å². The van der Waals surface area contributed by atoms with E-state index >= 15 is 0 Å². The van der Waals surface area contributed by atoms with Crippen LogP contribution in [0.15, 0.2) is 28.7 Å². The molecule has 0 unspecified atom stereocenters. The first-order valence-corrected chi connectivity index (χ1v) is 5.67. The van der Waals surface area contributed by atoms with Crippen LogP contribution in [-0.4, -0.2) is 24.2 Å². The molecule has 2 rings (SSSR count). The van der Waals surface area contributed by atoms with Crippen molar-refractivity contribution in [3.63, 3.8) is 0 Å². The van der Waals surface area contributed by atoms with E-state index in [1.54, 1.807) is 6.07 Å². The van der Waals surface area contributed by atoms with E-state index in [1.807, 2.05) is 18.2 Å². The Bertz CT molecular complexity index is 541. The Morgan fingerprint density at radius 2 is 2.00 bits per heavy atom. The molecule has 0 atom stereocenters. The van der Waals surface area contributed by atoms with Crippen LogP contribution in [0.2, 0.25) is 0 Å². The van der Waals surface area contributed by atoms with Gasteiger partial charge in [-0.25, -0.2) is 4.79 Å². The van der Waals surface area contributed by atoms with Gasteiger partial charge in [0, 0.05) is 24.2 Å². The van der Waals surface area contributed by atoms with Gasteiger partial charge in [0.05, 0.1) is 0 Å². The minimum Gasteiger partial charge on any atom is -0.475 e. The Hall–Kier alpha value is -1.97. The third kappa shape index (κ3) is 2.11. The number of rotatable bonds is 4. The van der Waals surface area contributed by atoms with E-state index in [1.165, 1.54) is 0 Å². The molecule has 1 aromatic heterocycles. The number of nitrogens with zero attached hydrogens (tertiary/aromatic N) is 1. The van der Waals surface area contributed by atoms with Crippen LogP contribution in [-0.2, 0) is 0 Å². The van der Waals surface area contributed by atoms with E-state index in [9.17, 15) is 4.79 Å². The van der Waals surface area contributed by atoms with Gasteiger partial charge in [-0.1, -0.05) is 0 Å². The second-order valence-corrected chi connectivity index (χ2v) is 3.81. The van der Waals surface area contributed by atoms with Crippen molar-refractivity contribution in [2.75, 3.05) is 18.0 Å². The van der Waals surface area contributed by atoms with Crippen molar-refractivity contribution in [1.82, 2.24) is 0 Å². The summed E-state index contributed by atoms with van der Waals surface area (Å²) in [6, 6.07) is 7.28. The van der Waals surface area contributed by atoms with Gasteiger partial charge in [-0.3, -0.25) is 0 Å². The lowest BCUT2D eigenvalue weighted by atomic mass is 10.2. The van der Waals surface area contributed by atoms with Gasteiger partial charge in [-0.2, -0.15) is 0 Å². The first-order chi connectivity index (χ1) is 8.15. The fourth-order valence-electron chi connectivity index (χ4n) is 1.92. The molecule has 0 saturated carbocycles. The summed E-state index contributed by atoms with van der Waals surface area (Å²) in [6.07, 6.45) is 0. The smallest absolute Gasteiger partial charge is 0.371 e. The second-order valence-electron chi connectivity index (χ2n) is 3.81. The summed E-state index contributed by atoms with van der Waals surface area (Å²) in [5.74, 6) is -1.05. The fraction of sp³-hybridized carbons (Fsp3) is 0.308. The highest BCUT2D eigenvalue weighted by atomic mass is 16.4. The molecule has 0 bridgehead atoms. The summed E-state index contributed by atoms with van der Waals surface area (Å²) in [4.78, 5) is 13.0. The zero-order valence-corrected chi connectivity index (χ0v) is 9.93. The zero-order chi connectivity index (χ0) is 12.4. The quantitative estimate of drug-likeness (QED) is 0.882. The number of anilines is 1. The molecular formula is C13H15NO3. The monoisotopic (exact) mass is 233 g/mol. The molecule has 0 spiro atoms. The van der Waals surface area contributed by atoms with Gasteiger partial charge in [0.25, 0.3) is 0 Å². The van der Waals surface area contributed by atoms with E-state index < -0.39 is 5.97 Å². The van der Waals surface area contributed by atoms with Crippen molar-refractivity contribution in [2.24, 2.45) is 0 Å². The molecule has 0 aliphatic heterocycles. The number of furan rings is 1. The van der Waals surface area contributed by atoms with Crippen LogP contribution >= 0.6 is 0 Å². The molecule has 2 aromatic rings. The van der Waals surface area contributed by atoms with Crippen molar-refractivity contribution in [3.05, 3.63) is 30.0 Å². The molecule has 0 fully saturated rings. The molecule has 0 aliphatic rings. The highest BCUT2D eigenvalue weighted by Gasteiger charge is 2.11. The number of fused-ring (bicyclic) bond motifs is 1. The molecule has 0 saturated heterocycles. The highest BCUT2D eigenvalue weighted by molar-refractivity contribution is 5.92. The standard InChI is InChI=1S/C13H15NO3/c1-3-14(4-2)10-5-6-11-9(7-10)8-12(17-11)13(15)16/h5-8H,3-4H2,1-2H3,(H,15,16). The van der Waals surface area contributed by atoms with Crippen molar-refractivity contribution in [2.45, 2.75) is 13.8 Å². The molecular weight excluding hydrogens is 218 g/mol. The SMILES string of the molecule is CCN(CC)c1ccc2oc(C(=O)O)cc2c1. The molecule has 0 amide bonds. The lowest BCUT2D eigenvalue weighted by Gasteiger charge is -2.20. The molecule has 4 nitrogen and oxygen atoms in total. The summed E-state index contributed by atoms with van der Waals surface area (Å²) in [5.41, 5.74) is 1.69. The maximum Gasteiger partial charge on any atom is 0.371 e. The van der Waals surface area contributed by atoms with Gasteiger partial charge in [0.15, 0.2) is 0 Å². The zero-order valence-electron chi connectivity index (χ0n) is 9.93. The van der Waals surface area contributed by atoms with E-state index in [0.717, 1.165) is 24.2 Å². The van der Waals surface area contributed by atoms with E-state index in [2.05, 4.69) is 18.7 Å². The van der Waals surface area contributed by atoms with Crippen molar-refractivity contribution in [3.8, 4) is 0 Å². The number of aromatic carboxylic acids is 1. The maximum absolute atomic E-state index is 10.8. The highest BCUT2D eigenvalue weighted by Crippen LogP contribution is 2.25. The van der Waals surface area contributed by atoms with Crippen molar-refractivity contribution >= 4 is 22.6 Å². The topological polar surface area (TPSA) is 53.7 Å². The number of carboxylic acids is 1. The van der Waals surface area contributed by atoms with Gasteiger partial charge in [0.1, 0.15) is 5.58 Å². The number of carbonyl (C=O) groups is 1. The van der Waals surface area contributed by atoms with Crippen molar-refractivity contribution < 1.29 is 14.3 Å². The first-order valence-electron chi connectivity index (χ1n) is 5.67. The average Bonchev–Trinajstić information content (AvgIpc) is 2.74. The number of benzene rings is 1. The summed E-state index contributed by atoms with van der Waals surface area (Å²) in [6.45, 7) is 6.02. The second kappa shape index (κ2) is 4.49. The van der Waals surface area contributed by atoms with Crippen LogP contribution in [0.4, 0.5) is 5.69 Å². The van der Waals surface area contributed by atoms with Crippen LogP contribution < -0.4 is 4.90 Å². The third-order valence-corrected chi connectivity index (χ3v) is 2.84. The molecule has 1 N–H and O–H groups in total. The Morgan fingerprint density at radius 1 is 1.29 bits per heavy atom. The van der Waals surface area contributed by atoms with Crippen LogP contribution in [0.25, 0.3) is 11.0 Å². The van der Waals surface area contributed by atoms with Crippen LogP contribution in [0.3, 0.4) is 0 Å². The largest absolute Gasteiger partial charge is 0.475 e. The van der Waals surface area contributed by atoms with Gasteiger partial charge >= 0.3 is 5.97 Å². The minimum atomic E-state index is -1.04.